The molecule has 1 aliphatic heterocycles. The largest absolute Gasteiger partial charge is 0.352 e. The third-order valence-electron chi connectivity index (χ3n) is 3.50. The standard InChI is InChI=1S/C13H17ClN4S/c1-17(2)8-9-4-3-6-18(9)11-10-5-7-19-12(10)16-13(14)15-11/h5,7,9H,3-4,6,8H2,1-2H3. The number of aromatic nitrogens is 2. The molecule has 0 bridgehead atoms. The first-order chi connectivity index (χ1) is 9.15. The average Bonchev–Trinajstić information content (AvgIpc) is 2.95. The lowest BCUT2D eigenvalue weighted by molar-refractivity contribution is 0.371. The van der Waals surface area contributed by atoms with Crippen molar-refractivity contribution in [3.63, 3.8) is 0 Å². The summed E-state index contributed by atoms with van der Waals surface area (Å²) in [6.45, 7) is 2.10. The second-order valence-electron chi connectivity index (χ2n) is 5.21. The molecule has 2 aromatic heterocycles. The van der Waals surface area contributed by atoms with Gasteiger partial charge < -0.3 is 9.80 Å². The molecule has 1 fully saturated rings. The highest BCUT2D eigenvalue weighted by atomic mass is 35.5. The van der Waals surface area contributed by atoms with Crippen LogP contribution in [0.15, 0.2) is 11.4 Å². The normalized spacial score (nSPS) is 19.8. The molecule has 0 aliphatic carbocycles. The van der Waals surface area contributed by atoms with E-state index >= 15 is 0 Å². The predicted octanol–water partition coefficient (Wildman–Crippen LogP) is 2.88. The molecule has 102 valence electrons. The molecule has 4 nitrogen and oxygen atoms in total. The number of anilines is 1. The number of thiophene rings is 1. The zero-order valence-electron chi connectivity index (χ0n) is 11.1. The summed E-state index contributed by atoms with van der Waals surface area (Å²) >= 11 is 7.68. The van der Waals surface area contributed by atoms with Gasteiger partial charge in [-0.15, -0.1) is 11.3 Å². The first-order valence-electron chi connectivity index (χ1n) is 6.47. The van der Waals surface area contributed by atoms with Crippen molar-refractivity contribution >= 4 is 39.0 Å². The van der Waals surface area contributed by atoms with Crippen LogP contribution in [-0.2, 0) is 0 Å². The van der Waals surface area contributed by atoms with Crippen LogP contribution in [0.5, 0.6) is 0 Å². The van der Waals surface area contributed by atoms with Gasteiger partial charge in [0.2, 0.25) is 5.28 Å². The number of nitrogens with zero attached hydrogens (tertiary/aromatic N) is 4. The Kier molecular flexibility index (Phi) is 3.60. The van der Waals surface area contributed by atoms with Gasteiger partial charge in [-0.3, -0.25) is 0 Å². The third kappa shape index (κ3) is 2.55. The Balaban J connectivity index is 2.00. The number of hydrogen-bond donors (Lipinski definition) is 0. The van der Waals surface area contributed by atoms with Crippen molar-refractivity contribution < 1.29 is 0 Å². The highest BCUT2D eigenvalue weighted by Gasteiger charge is 2.28. The molecule has 1 unspecified atom stereocenters. The number of rotatable bonds is 3. The Morgan fingerprint density at radius 1 is 1.47 bits per heavy atom. The summed E-state index contributed by atoms with van der Waals surface area (Å²) in [5.74, 6) is 1.00. The minimum atomic E-state index is 0.348. The van der Waals surface area contributed by atoms with Gasteiger partial charge in [0, 0.05) is 19.1 Å². The van der Waals surface area contributed by atoms with E-state index in [2.05, 4.69) is 45.3 Å². The van der Waals surface area contributed by atoms with Gasteiger partial charge in [-0.2, -0.15) is 4.98 Å². The van der Waals surface area contributed by atoms with Crippen molar-refractivity contribution in [1.82, 2.24) is 14.9 Å². The molecule has 0 spiro atoms. The molecule has 6 heteroatoms. The van der Waals surface area contributed by atoms with E-state index in [0.29, 0.717) is 11.3 Å². The van der Waals surface area contributed by atoms with E-state index in [1.165, 1.54) is 12.8 Å². The molecular weight excluding hydrogens is 280 g/mol. The van der Waals surface area contributed by atoms with Gasteiger partial charge in [0.05, 0.1) is 5.39 Å². The Hall–Kier alpha value is -0.910. The maximum absolute atomic E-state index is 6.06. The molecule has 0 saturated carbocycles. The number of fused-ring (bicyclic) bond motifs is 1. The van der Waals surface area contributed by atoms with E-state index in [1.807, 2.05) is 0 Å². The molecule has 0 N–H and O–H groups in total. The lowest BCUT2D eigenvalue weighted by Crippen LogP contribution is -2.38. The molecule has 2 aromatic rings. The molecule has 1 aliphatic rings. The number of hydrogen-bond acceptors (Lipinski definition) is 5. The molecular formula is C13H17ClN4S. The van der Waals surface area contributed by atoms with Crippen LogP contribution in [0.25, 0.3) is 10.2 Å². The summed E-state index contributed by atoms with van der Waals surface area (Å²) in [4.78, 5) is 14.4. The molecule has 0 aromatic carbocycles. The zero-order chi connectivity index (χ0) is 13.4. The highest BCUT2D eigenvalue weighted by molar-refractivity contribution is 7.16. The van der Waals surface area contributed by atoms with Gasteiger partial charge in [0.15, 0.2) is 0 Å². The summed E-state index contributed by atoms with van der Waals surface area (Å²) in [5.41, 5.74) is 0. The Morgan fingerprint density at radius 3 is 3.11 bits per heavy atom. The smallest absolute Gasteiger partial charge is 0.225 e. The quantitative estimate of drug-likeness (QED) is 0.815. The summed E-state index contributed by atoms with van der Waals surface area (Å²) in [6, 6.07) is 2.61. The van der Waals surface area contributed by atoms with Crippen LogP contribution in [0.1, 0.15) is 12.8 Å². The van der Waals surface area contributed by atoms with Crippen molar-refractivity contribution in [1.29, 1.82) is 0 Å². The van der Waals surface area contributed by atoms with Crippen LogP contribution >= 0.6 is 22.9 Å². The average molecular weight is 297 g/mol. The second kappa shape index (κ2) is 5.23. The summed E-state index contributed by atoms with van der Waals surface area (Å²) in [5, 5.41) is 3.52. The minimum absolute atomic E-state index is 0.348. The van der Waals surface area contributed by atoms with Crippen molar-refractivity contribution in [3.05, 3.63) is 16.7 Å². The monoisotopic (exact) mass is 296 g/mol. The van der Waals surface area contributed by atoms with Gasteiger partial charge >= 0.3 is 0 Å². The zero-order valence-corrected chi connectivity index (χ0v) is 12.7. The van der Waals surface area contributed by atoms with E-state index in [4.69, 9.17) is 11.6 Å². The number of halogens is 1. The molecule has 19 heavy (non-hydrogen) atoms. The van der Waals surface area contributed by atoms with E-state index in [-0.39, 0.29) is 0 Å². The van der Waals surface area contributed by atoms with E-state index in [0.717, 1.165) is 29.1 Å². The van der Waals surface area contributed by atoms with Crippen LogP contribution in [0.3, 0.4) is 0 Å². The van der Waals surface area contributed by atoms with Crippen LogP contribution in [0, 0.1) is 0 Å². The van der Waals surface area contributed by atoms with Crippen LogP contribution < -0.4 is 4.90 Å². The fraction of sp³-hybridized carbons (Fsp3) is 0.538. The molecule has 1 saturated heterocycles. The fourth-order valence-corrected chi connectivity index (χ4v) is 3.73. The van der Waals surface area contributed by atoms with Crippen molar-refractivity contribution in [2.45, 2.75) is 18.9 Å². The molecule has 3 heterocycles. The van der Waals surface area contributed by atoms with Crippen LogP contribution in [0.2, 0.25) is 5.28 Å². The maximum atomic E-state index is 6.06. The SMILES string of the molecule is CN(C)CC1CCCN1c1nc(Cl)nc2sccc12. The Bertz CT molecular complexity index is 583. The highest BCUT2D eigenvalue weighted by Crippen LogP contribution is 2.33. The molecule has 1 atom stereocenters. The van der Waals surface area contributed by atoms with Gasteiger partial charge in [-0.05, 0) is 50.0 Å². The summed E-state index contributed by atoms with van der Waals surface area (Å²) in [7, 11) is 4.23. The molecule has 0 amide bonds. The predicted molar refractivity (Wildman–Crippen MR) is 81.3 cm³/mol. The van der Waals surface area contributed by atoms with Crippen molar-refractivity contribution in [2.24, 2.45) is 0 Å². The maximum Gasteiger partial charge on any atom is 0.225 e. The van der Waals surface area contributed by atoms with Crippen LogP contribution in [-0.4, -0.2) is 48.1 Å². The molecule has 0 radical (unpaired) electrons. The van der Waals surface area contributed by atoms with Crippen LogP contribution in [0.4, 0.5) is 5.82 Å². The van der Waals surface area contributed by atoms with Gasteiger partial charge in [0.1, 0.15) is 10.6 Å². The second-order valence-corrected chi connectivity index (χ2v) is 6.44. The Labute approximate surface area is 122 Å². The van der Waals surface area contributed by atoms with Gasteiger partial charge in [0.25, 0.3) is 0 Å². The minimum Gasteiger partial charge on any atom is -0.352 e. The summed E-state index contributed by atoms with van der Waals surface area (Å²) < 4.78 is 0. The van der Waals surface area contributed by atoms with Gasteiger partial charge in [-0.25, -0.2) is 4.98 Å². The topological polar surface area (TPSA) is 32.3 Å². The fourth-order valence-electron chi connectivity index (χ4n) is 2.76. The van der Waals surface area contributed by atoms with Gasteiger partial charge in [-0.1, -0.05) is 0 Å². The van der Waals surface area contributed by atoms with Crippen molar-refractivity contribution in [2.75, 3.05) is 32.1 Å². The number of likely N-dealkylation sites (N-methyl/N-ethyl adjacent to an activating group) is 1. The lowest BCUT2D eigenvalue weighted by atomic mass is 10.2. The lowest BCUT2D eigenvalue weighted by Gasteiger charge is -2.28. The third-order valence-corrected chi connectivity index (χ3v) is 4.48. The first kappa shape index (κ1) is 13.1. The first-order valence-corrected chi connectivity index (χ1v) is 7.73. The molecule has 3 rings (SSSR count). The van der Waals surface area contributed by atoms with E-state index in [1.54, 1.807) is 11.3 Å². The van der Waals surface area contributed by atoms with E-state index < -0.39 is 0 Å². The summed E-state index contributed by atoms with van der Waals surface area (Å²) in [6.07, 6.45) is 2.43. The van der Waals surface area contributed by atoms with E-state index in [9.17, 15) is 0 Å². The van der Waals surface area contributed by atoms with Crippen molar-refractivity contribution in [3.8, 4) is 0 Å². The Morgan fingerprint density at radius 2 is 2.32 bits per heavy atom.